The largest absolute Gasteiger partial charge is 0.207 e. The Morgan fingerprint density at radius 2 is 1.63 bits per heavy atom. The second-order valence-electron chi connectivity index (χ2n) is 4.79. The van der Waals surface area contributed by atoms with Crippen LogP contribution >= 0.6 is 27.5 Å². The molecule has 3 heteroatoms. The van der Waals surface area contributed by atoms with Gasteiger partial charge in [-0.3, -0.25) is 0 Å². The van der Waals surface area contributed by atoms with E-state index in [1.165, 1.54) is 0 Å². The summed E-state index contributed by atoms with van der Waals surface area (Å²) in [7, 11) is 0. The fraction of sp³-hybridized carbons (Fsp3) is 0.250. The number of halogens is 3. The van der Waals surface area contributed by atoms with E-state index < -0.39 is 0 Å². The van der Waals surface area contributed by atoms with Crippen LogP contribution in [-0.4, -0.2) is 0 Å². The molecule has 0 aliphatic carbocycles. The molecule has 0 aliphatic heterocycles. The van der Waals surface area contributed by atoms with Gasteiger partial charge in [0.05, 0.1) is 4.83 Å². The summed E-state index contributed by atoms with van der Waals surface area (Å²) in [5.41, 5.74) is 4.99. The van der Waals surface area contributed by atoms with E-state index >= 15 is 0 Å². The number of alkyl halides is 1. The van der Waals surface area contributed by atoms with Crippen LogP contribution in [0.1, 0.15) is 32.6 Å². The molecule has 19 heavy (non-hydrogen) atoms. The quantitative estimate of drug-likeness (QED) is 0.598. The van der Waals surface area contributed by atoms with E-state index in [4.69, 9.17) is 11.6 Å². The van der Waals surface area contributed by atoms with Gasteiger partial charge in [0.15, 0.2) is 0 Å². The summed E-state index contributed by atoms with van der Waals surface area (Å²) >= 11 is 10.1. The van der Waals surface area contributed by atoms with Crippen molar-refractivity contribution in [2.75, 3.05) is 0 Å². The van der Waals surface area contributed by atoms with E-state index in [9.17, 15) is 4.39 Å². The predicted octanol–water partition coefficient (Wildman–Crippen LogP) is 5.89. The molecule has 0 N–H and O–H groups in total. The van der Waals surface area contributed by atoms with Gasteiger partial charge in [0, 0.05) is 5.02 Å². The lowest BCUT2D eigenvalue weighted by molar-refractivity contribution is 0.624. The van der Waals surface area contributed by atoms with Crippen LogP contribution in [0.25, 0.3) is 0 Å². The molecule has 100 valence electrons. The Kier molecular flexibility index (Phi) is 4.32. The molecule has 1 atom stereocenters. The van der Waals surface area contributed by atoms with Gasteiger partial charge in [0.1, 0.15) is 5.82 Å². The molecule has 0 amide bonds. The second kappa shape index (κ2) is 5.64. The minimum atomic E-state index is -0.200. The van der Waals surface area contributed by atoms with Gasteiger partial charge >= 0.3 is 0 Å². The highest BCUT2D eigenvalue weighted by atomic mass is 79.9. The first-order valence-electron chi connectivity index (χ1n) is 6.07. The second-order valence-corrected chi connectivity index (χ2v) is 6.09. The van der Waals surface area contributed by atoms with Gasteiger partial charge < -0.3 is 0 Å². The SMILES string of the molecule is Cc1cccc(C(Br)c2c(C)cc(F)cc2C)c1Cl. The maximum atomic E-state index is 13.4. The Bertz CT molecular complexity index is 599. The third-order valence-corrected chi connectivity index (χ3v) is 4.77. The van der Waals surface area contributed by atoms with Gasteiger partial charge in [-0.25, -0.2) is 4.39 Å². The summed E-state index contributed by atoms with van der Waals surface area (Å²) in [6.07, 6.45) is 0. The molecule has 0 aliphatic rings. The minimum Gasteiger partial charge on any atom is -0.207 e. The van der Waals surface area contributed by atoms with Gasteiger partial charge in [-0.2, -0.15) is 0 Å². The molecule has 0 bridgehead atoms. The summed E-state index contributed by atoms with van der Waals surface area (Å²) in [5, 5.41) is 0.757. The van der Waals surface area contributed by atoms with Gasteiger partial charge in [0.25, 0.3) is 0 Å². The van der Waals surface area contributed by atoms with E-state index in [-0.39, 0.29) is 10.6 Å². The number of hydrogen-bond donors (Lipinski definition) is 0. The lowest BCUT2D eigenvalue weighted by Crippen LogP contribution is -2.01. The molecule has 0 radical (unpaired) electrons. The van der Waals surface area contributed by atoms with Crippen LogP contribution in [0.5, 0.6) is 0 Å². The van der Waals surface area contributed by atoms with Gasteiger partial charge in [-0.05, 0) is 60.7 Å². The molecular formula is C16H15BrClF. The van der Waals surface area contributed by atoms with E-state index in [2.05, 4.69) is 15.9 Å². The van der Waals surface area contributed by atoms with Gasteiger partial charge in [-0.15, -0.1) is 0 Å². The monoisotopic (exact) mass is 340 g/mol. The van der Waals surface area contributed by atoms with E-state index in [1.807, 2.05) is 39.0 Å². The van der Waals surface area contributed by atoms with Crippen LogP contribution in [0.15, 0.2) is 30.3 Å². The van der Waals surface area contributed by atoms with Crippen molar-refractivity contribution >= 4 is 27.5 Å². The van der Waals surface area contributed by atoms with Crippen LogP contribution < -0.4 is 0 Å². The minimum absolute atomic E-state index is 0.0273. The van der Waals surface area contributed by atoms with Crippen molar-refractivity contribution in [3.8, 4) is 0 Å². The Labute approximate surface area is 126 Å². The highest BCUT2D eigenvalue weighted by Crippen LogP contribution is 2.39. The molecule has 0 saturated heterocycles. The third-order valence-electron chi connectivity index (χ3n) is 3.31. The molecule has 0 spiro atoms. The van der Waals surface area contributed by atoms with Gasteiger partial charge in [-0.1, -0.05) is 45.7 Å². The lowest BCUT2D eigenvalue weighted by atomic mass is 9.95. The summed E-state index contributed by atoms with van der Waals surface area (Å²) < 4.78 is 13.4. The zero-order chi connectivity index (χ0) is 14.2. The van der Waals surface area contributed by atoms with Crippen molar-refractivity contribution in [2.24, 2.45) is 0 Å². The molecule has 0 saturated carbocycles. The molecule has 1 unspecified atom stereocenters. The van der Waals surface area contributed by atoms with Crippen molar-refractivity contribution in [1.82, 2.24) is 0 Å². The summed E-state index contributed by atoms with van der Waals surface area (Å²) in [6.45, 7) is 5.82. The highest BCUT2D eigenvalue weighted by Gasteiger charge is 2.19. The standard InChI is InChI=1S/C16H15BrClF/c1-9-5-4-6-13(16(9)18)15(17)14-10(2)7-12(19)8-11(14)3/h4-8,15H,1-3H3. The molecule has 2 aromatic rings. The van der Waals surface area contributed by atoms with Crippen molar-refractivity contribution in [1.29, 1.82) is 0 Å². The number of benzene rings is 2. The highest BCUT2D eigenvalue weighted by molar-refractivity contribution is 9.09. The molecule has 2 aromatic carbocycles. The van der Waals surface area contributed by atoms with E-state index in [0.717, 1.165) is 32.8 Å². The van der Waals surface area contributed by atoms with Crippen molar-refractivity contribution < 1.29 is 4.39 Å². The molecule has 2 rings (SSSR count). The fourth-order valence-electron chi connectivity index (χ4n) is 2.34. The average Bonchev–Trinajstić information content (AvgIpc) is 2.31. The van der Waals surface area contributed by atoms with Gasteiger partial charge in [0.2, 0.25) is 0 Å². The Morgan fingerprint density at radius 3 is 2.21 bits per heavy atom. The normalized spacial score (nSPS) is 12.5. The first kappa shape index (κ1) is 14.5. The number of rotatable bonds is 2. The van der Waals surface area contributed by atoms with Crippen molar-refractivity contribution in [3.05, 3.63) is 69.0 Å². The van der Waals surface area contributed by atoms with E-state index in [0.29, 0.717) is 0 Å². The predicted molar refractivity (Wildman–Crippen MR) is 82.8 cm³/mol. The Hall–Kier alpha value is -0.860. The number of hydrogen-bond acceptors (Lipinski definition) is 0. The third kappa shape index (κ3) is 2.85. The Balaban J connectivity index is 2.56. The van der Waals surface area contributed by atoms with Crippen molar-refractivity contribution in [2.45, 2.75) is 25.6 Å². The van der Waals surface area contributed by atoms with E-state index in [1.54, 1.807) is 12.1 Å². The maximum Gasteiger partial charge on any atom is 0.123 e. The van der Waals surface area contributed by atoms with Crippen molar-refractivity contribution in [3.63, 3.8) is 0 Å². The van der Waals surface area contributed by atoms with Crippen LogP contribution in [-0.2, 0) is 0 Å². The summed E-state index contributed by atoms with van der Waals surface area (Å²) in [5.74, 6) is -0.200. The molecule has 0 fully saturated rings. The first-order chi connectivity index (χ1) is 8.91. The molecular weight excluding hydrogens is 327 g/mol. The smallest absolute Gasteiger partial charge is 0.123 e. The maximum absolute atomic E-state index is 13.4. The average molecular weight is 342 g/mol. The number of aryl methyl sites for hydroxylation is 3. The summed E-state index contributed by atoms with van der Waals surface area (Å²) in [6, 6.07) is 9.08. The molecule has 0 nitrogen and oxygen atoms in total. The van der Waals surface area contributed by atoms with Crippen LogP contribution in [0.3, 0.4) is 0 Å². The zero-order valence-corrected chi connectivity index (χ0v) is 13.4. The molecule has 0 heterocycles. The Morgan fingerprint density at radius 1 is 1.05 bits per heavy atom. The van der Waals surface area contributed by atoms with Crippen LogP contribution in [0.2, 0.25) is 5.02 Å². The molecule has 0 aromatic heterocycles. The summed E-state index contributed by atoms with van der Waals surface area (Å²) in [4.78, 5) is -0.0273. The van der Waals surface area contributed by atoms with Crippen LogP contribution in [0, 0.1) is 26.6 Å². The lowest BCUT2D eigenvalue weighted by Gasteiger charge is -2.18. The topological polar surface area (TPSA) is 0 Å². The zero-order valence-electron chi connectivity index (χ0n) is 11.1. The first-order valence-corrected chi connectivity index (χ1v) is 7.37. The van der Waals surface area contributed by atoms with Crippen LogP contribution in [0.4, 0.5) is 4.39 Å². The fourth-order valence-corrected chi connectivity index (χ4v) is 3.81.